The fourth-order valence-electron chi connectivity index (χ4n) is 0.926. The first-order valence-electron chi connectivity index (χ1n) is 3.34. The normalized spacial score (nSPS) is 9.82. The highest BCUT2D eigenvalue weighted by atomic mass is 16.8. The zero-order chi connectivity index (χ0) is 8.43. The van der Waals surface area contributed by atoms with Gasteiger partial charge in [0.2, 0.25) is 0 Å². The molecule has 1 N–H and O–H groups in total. The Bertz CT molecular complexity index is 258. The maximum absolute atomic E-state index is 10.5. The number of anilines is 1. The van der Waals surface area contributed by atoms with Crippen LogP contribution < -0.4 is 5.23 Å². The van der Waals surface area contributed by atoms with Crippen molar-refractivity contribution in [1.29, 1.82) is 0 Å². The first-order chi connectivity index (χ1) is 5.11. The van der Waals surface area contributed by atoms with Crippen LogP contribution in [0.2, 0.25) is 0 Å². The molecule has 0 aliphatic heterocycles. The van der Waals surface area contributed by atoms with Crippen molar-refractivity contribution in [2.75, 3.05) is 5.23 Å². The van der Waals surface area contributed by atoms with E-state index in [1.807, 2.05) is 13.0 Å². The number of hydrogen-bond donors (Lipinski definition) is 1. The van der Waals surface area contributed by atoms with Crippen LogP contribution in [0.15, 0.2) is 18.2 Å². The van der Waals surface area contributed by atoms with Crippen LogP contribution in [0.1, 0.15) is 11.1 Å². The Morgan fingerprint density at radius 1 is 1.36 bits per heavy atom. The molecule has 3 nitrogen and oxygen atoms in total. The summed E-state index contributed by atoms with van der Waals surface area (Å²) in [6, 6.07) is 5.33. The smallest absolute Gasteiger partial charge is 0.0540 e. The van der Waals surface area contributed by atoms with Gasteiger partial charge in [-0.3, -0.25) is 5.21 Å². The molecular weight excluding hydrogens is 142 g/mol. The third kappa shape index (κ3) is 1.69. The van der Waals surface area contributed by atoms with Crippen molar-refractivity contribution < 1.29 is 5.21 Å². The van der Waals surface area contributed by atoms with Gasteiger partial charge in [-0.05, 0) is 31.0 Å². The molecule has 11 heavy (non-hydrogen) atoms. The molecule has 0 saturated heterocycles. The predicted molar refractivity (Wildman–Crippen MR) is 43.5 cm³/mol. The van der Waals surface area contributed by atoms with E-state index in [9.17, 15) is 5.21 Å². The summed E-state index contributed by atoms with van der Waals surface area (Å²) >= 11 is 0. The Morgan fingerprint density at radius 2 is 2.00 bits per heavy atom. The monoisotopic (exact) mass is 152 g/mol. The Labute approximate surface area is 65.4 Å². The third-order valence-electron chi connectivity index (χ3n) is 1.57. The first-order valence-corrected chi connectivity index (χ1v) is 3.34. The summed E-state index contributed by atoms with van der Waals surface area (Å²) in [7, 11) is 0. The molecule has 3 heteroatoms. The van der Waals surface area contributed by atoms with Crippen LogP contribution in [-0.2, 0) is 0 Å². The highest BCUT2D eigenvalue weighted by molar-refractivity contribution is 5.53. The van der Waals surface area contributed by atoms with E-state index in [-0.39, 0.29) is 5.23 Å². The molecule has 0 amide bonds. The fraction of sp³-hybridized carbons (Fsp3) is 0.250. The van der Waals surface area contributed by atoms with E-state index in [2.05, 4.69) is 0 Å². The largest absolute Gasteiger partial charge is 0.733 e. The first kappa shape index (κ1) is 8.04. The number of benzene rings is 1. The maximum Gasteiger partial charge on any atom is 0.0540 e. The highest BCUT2D eigenvalue weighted by Crippen LogP contribution is 2.18. The van der Waals surface area contributed by atoms with Gasteiger partial charge in [-0.25, -0.2) is 0 Å². The molecule has 1 aromatic carbocycles. The second-order valence-electron chi connectivity index (χ2n) is 2.56. The number of hydrogen-bond acceptors (Lipinski definition) is 3. The van der Waals surface area contributed by atoms with Gasteiger partial charge in [0.25, 0.3) is 0 Å². The van der Waals surface area contributed by atoms with Crippen LogP contribution in [0.3, 0.4) is 0 Å². The van der Waals surface area contributed by atoms with E-state index >= 15 is 0 Å². The van der Waals surface area contributed by atoms with Gasteiger partial charge in [0.15, 0.2) is 0 Å². The topological polar surface area (TPSA) is 46.5 Å². The molecule has 0 heterocycles. The van der Waals surface area contributed by atoms with Crippen LogP contribution in [0.25, 0.3) is 0 Å². The lowest BCUT2D eigenvalue weighted by Gasteiger charge is -2.23. The van der Waals surface area contributed by atoms with Crippen molar-refractivity contribution in [3.8, 4) is 0 Å². The molecule has 0 bridgehead atoms. The average molecular weight is 152 g/mol. The number of aryl methyl sites for hydroxylation is 2. The highest BCUT2D eigenvalue weighted by Gasteiger charge is 1.96. The van der Waals surface area contributed by atoms with Gasteiger partial charge >= 0.3 is 0 Å². The lowest BCUT2D eigenvalue weighted by atomic mass is 10.1. The van der Waals surface area contributed by atoms with E-state index in [0.717, 1.165) is 11.1 Å². The number of nitrogens with zero attached hydrogens (tertiary/aromatic N) is 1. The lowest BCUT2D eigenvalue weighted by Crippen LogP contribution is -2.08. The molecule has 0 radical (unpaired) electrons. The molecule has 0 saturated carbocycles. The summed E-state index contributed by atoms with van der Waals surface area (Å²) in [6.07, 6.45) is 0. The quantitative estimate of drug-likeness (QED) is 0.626. The minimum absolute atomic E-state index is 0.109. The van der Waals surface area contributed by atoms with Gasteiger partial charge < -0.3 is 10.4 Å². The van der Waals surface area contributed by atoms with Gasteiger partial charge in [0.05, 0.1) is 5.69 Å². The van der Waals surface area contributed by atoms with Gasteiger partial charge in [0, 0.05) is 0 Å². The molecule has 60 valence electrons. The van der Waals surface area contributed by atoms with Gasteiger partial charge in [-0.1, -0.05) is 12.1 Å². The van der Waals surface area contributed by atoms with Crippen LogP contribution >= 0.6 is 0 Å². The minimum atomic E-state index is -0.109. The predicted octanol–water partition coefficient (Wildman–Crippen LogP) is 2.00. The van der Waals surface area contributed by atoms with E-state index in [1.54, 1.807) is 19.1 Å². The van der Waals surface area contributed by atoms with Crippen LogP contribution in [0.4, 0.5) is 5.69 Å². The van der Waals surface area contributed by atoms with Crippen molar-refractivity contribution in [2.45, 2.75) is 13.8 Å². The van der Waals surface area contributed by atoms with Crippen molar-refractivity contribution in [3.05, 3.63) is 34.5 Å². The molecule has 0 atom stereocenters. The van der Waals surface area contributed by atoms with E-state index in [4.69, 9.17) is 5.21 Å². The van der Waals surface area contributed by atoms with Crippen molar-refractivity contribution in [2.24, 2.45) is 0 Å². The summed E-state index contributed by atoms with van der Waals surface area (Å²) in [5.74, 6) is 0. The van der Waals surface area contributed by atoms with Crippen LogP contribution in [-0.4, -0.2) is 5.21 Å². The second kappa shape index (κ2) is 2.90. The van der Waals surface area contributed by atoms with Gasteiger partial charge in [-0.2, -0.15) is 0 Å². The third-order valence-corrected chi connectivity index (χ3v) is 1.57. The van der Waals surface area contributed by atoms with Gasteiger partial charge in [0.1, 0.15) is 0 Å². The molecular formula is C8H10NO2-. The Balaban J connectivity index is 3.13. The van der Waals surface area contributed by atoms with Crippen molar-refractivity contribution in [3.63, 3.8) is 0 Å². The minimum Gasteiger partial charge on any atom is -0.733 e. The van der Waals surface area contributed by atoms with Crippen molar-refractivity contribution >= 4 is 5.69 Å². The van der Waals surface area contributed by atoms with E-state index in [0.29, 0.717) is 5.69 Å². The summed E-state index contributed by atoms with van der Waals surface area (Å²) in [5, 5.41) is 19.0. The fourth-order valence-corrected chi connectivity index (χ4v) is 0.926. The summed E-state index contributed by atoms with van der Waals surface area (Å²) < 4.78 is 0. The molecule has 0 aliphatic rings. The average Bonchev–Trinajstić information content (AvgIpc) is 1.94. The molecule has 0 aromatic heterocycles. The van der Waals surface area contributed by atoms with Crippen LogP contribution in [0.5, 0.6) is 0 Å². The standard InChI is InChI=1S/C8H10NO2/c1-6-3-4-7(2)8(5-6)9(10)11/h3-5,10H,1-2H3/q-1. The maximum atomic E-state index is 10.5. The summed E-state index contributed by atoms with van der Waals surface area (Å²) in [4.78, 5) is 0. The number of rotatable bonds is 1. The summed E-state index contributed by atoms with van der Waals surface area (Å²) in [5.41, 5.74) is 2.04. The zero-order valence-electron chi connectivity index (χ0n) is 6.53. The van der Waals surface area contributed by atoms with Crippen molar-refractivity contribution in [1.82, 2.24) is 0 Å². The molecule has 0 spiro atoms. The summed E-state index contributed by atoms with van der Waals surface area (Å²) in [6.45, 7) is 3.64. The molecule has 1 rings (SSSR count). The SMILES string of the molecule is Cc1ccc(C)c(N([O-])O)c1. The Morgan fingerprint density at radius 3 is 2.45 bits per heavy atom. The van der Waals surface area contributed by atoms with Gasteiger partial charge in [-0.15, -0.1) is 0 Å². The Kier molecular flexibility index (Phi) is 2.12. The zero-order valence-corrected chi connectivity index (χ0v) is 6.53. The van der Waals surface area contributed by atoms with E-state index in [1.165, 1.54) is 0 Å². The van der Waals surface area contributed by atoms with E-state index < -0.39 is 0 Å². The molecule has 0 unspecified atom stereocenters. The second-order valence-corrected chi connectivity index (χ2v) is 2.56. The lowest BCUT2D eigenvalue weighted by molar-refractivity contribution is 0.296. The molecule has 1 aromatic rings. The van der Waals surface area contributed by atoms with Crippen LogP contribution in [0, 0.1) is 19.1 Å². The molecule has 0 fully saturated rings. The Hall–Kier alpha value is -1.06. The molecule has 0 aliphatic carbocycles.